The molecule has 0 atom stereocenters. The van der Waals surface area contributed by atoms with Gasteiger partial charge in [0.1, 0.15) is 12.4 Å². The molecular weight excluding hydrogens is 228 g/mol. The molecule has 74 valence electrons. The number of carbonyl (C=O) groups excluding carboxylic acids is 1. The molecule has 0 aliphatic rings. The molecule has 1 aromatic rings. The topological polar surface area (TPSA) is 89.2 Å². The van der Waals surface area contributed by atoms with E-state index in [9.17, 15) is 14.9 Å². The Morgan fingerprint density at radius 3 is 2.29 bits per heavy atom. The van der Waals surface area contributed by atoms with Gasteiger partial charge in [0, 0.05) is 0 Å². The second kappa shape index (κ2) is 4.24. The van der Waals surface area contributed by atoms with Gasteiger partial charge >= 0.3 is 11.6 Å². The summed E-state index contributed by atoms with van der Waals surface area (Å²) in [6, 6.07) is 0. The number of thiol groups is 2. The lowest BCUT2D eigenvalue weighted by atomic mass is 10.5. The minimum Gasteiger partial charge on any atom is -0.263 e. The molecule has 0 unspecified atom stereocenters. The predicted octanol–water partition coefficient (Wildman–Crippen LogP) is 0.517. The van der Waals surface area contributed by atoms with Crippen LogP contribution in [-0.2, 0) is 0 Å². The molecular formula is C5H4N4O3S2. The summed E-state index contributed by atoms with van der Waals surface area (Å²) < 4.78 is 0.682. The van der Waals surface area contributed by atoms with Gasteiger partial charge in [-0.3, -0.25) is 14.9 Å². The molecule has 0 aliphatic carbocycles. The van der Waals surface area contributed by atoms with Crippen molar-refractivity contribution < 1.29 is 9.72 Å². The fraction of sp³-hybridized carbons (Fsp3) is 0. The highest BCUT2D eigenvalue weighted by Crippen LogP contribution is 2.08. The van der Waals surface area contributed by atoms with Crippen molar-refractivity contribution in [2.24, 2.45) is 0 Å². The second-order valence-corrected chi connectivity index (χ2v) is 3.23. The smallest absolute Gasteiger partial charge is 0.263 e. The summed E-state index contributed by atoms with van der Waals surface area (Å²) >= 11 is 7.21. The lowest BCUT2D eigenvalue weighted by Gasteiger charge is -2.03. The van der Waals surface area contributed by atoms with Crippen LogP contribution in [0.2, 0.25) is 0 Å². The van der Waals surface area contributed by atoms with E-state index in [0.29, 0.717) is 3.71 Å². The van der Waals surface area contributed by atoms with Crippen LogP contribution in [0.15, 0.2) is 12.4 Å². The summed E-state index contributed by atoms with van der Waals surface area (Å²) in [5.41, 5.74) is -0.286. The molecule has 7 nitrogen and oxygen atoms in total. The molecule has 0 saturated carbocycles. The Labute approximate surface area is 89.4 Å². The van der Waals surface area contributed by atoms with Crippen LogP contribution in [-0.4, -0.2) is 24.5 Å². The van der Waals surface area contributed by atoms with E-state index in [4.69, 9.17) is 0 Å². The number of aromatic nitrogens is 2. The molecule has 1 heterocycles. The molecule has 0 bridgehead atoms. The first kappa shape index (κ1) is 10.7. The van der Waals surface area contributed by atoms with Crippen LogP contribution in [0.5, 0.6) is 0 Å². The zero-order chi connectivity index (χ0) is 10.7. The van der Waals surface area contributed by atoms with Crippen molar-refractivity contribution in [2.45, 2.75) is 0 Å². The Hall–Kier alpha value is -1.35. The monoisotopic (exact) mass is 232 g/mol. The zero-order valence-electron chi connectivity index (χ0n) is 6.56. The normalized spacial score (nSPS) is 9.57. The Balaban J connectivity index is 2.94. The highest BCUT2D eigenvalue weighted by Gasteiger charge is 2.15. The van der Waals surface area contributed by atoms with Crippen LogP contribution in [0.1, 0.15) is 10.6 Å². The molecule has 0 N–H and O–H groups in total. The zero-order valence-corrected chi connectivity index (χ0v) is 8.35. The van der Waals surface area contributed by atoms with Gasteiger partial charge in [-0.15, -0.1) is 0 Å². The van der Waals surface area contributed by atoms with Crippen LogP contribution >= 0.6 is 25.6 Å². The van der Waals surface area contributed by atoms with Gasteiger partial charge in [-0.25, -0.2) is 13.7 Å². The largest absolute Gasteiger partial charge is 0.311 e. The lowest BCUT2D eigenvalue weighted by molar-refractivity contribution is -0.385. The summed E-state index contributed by atoms with van der Waals surface area (Å²) in [5.74, 6) is -0.868. The van der Waals surface area contributed by atoms with E-state index in [1.165, 1.54) is 0 Å². The van der Waals surface area contributed by atoms with Crippen molar-refractivity contribution in [1.29, 1.82) is 0 Å². The Morgan fingerprint density at radius 2 is 1.93 bits per heavy atom. The van der Waals surface area contributed by atoms with Crippen LogP contribution in [0.25, 0.3) is 0 Å². The number of carbonyl (C=O) groups is 1. The van der Waals surface area contributed by atoms with Gasteiger partial charge < -0.3 is 0 Å². The summed E-state index contributed by atoms with van der Waals surface area (Å²) in [7, 11) is 0. The van der Waals surface area contributed by atoms with Crippen molar-refractivity contribution in [2.75, 3.05) is 0 Å². The lowest BCUT2D eigenvalue weighted by Crippen LogP contribution is -2.15. The van der Waals surface area contributed by atoms with Crippen LogP contribution in [0, 0.1) is 10.1 Å². The summed E-state index contributed by atoms with van der Waals surface area (Å²) in [6.45, 7) is 0. The van der Waals surface area contributed by atoms with Crippen LogP contribution < -0.4 is 0 Å². The molecule has 0 fully saturated rings. The maximum atomic E-state index is 11.1. The predicted molar refractivity (Wildman–Crippen MR) is 52.8 cm³/mol. The third-order valence-electron chi connectivity index (χ3n) is 1.22. The quantitative estimate of drug-likeness (QED) is 0.440. The number of nitro groups is 1. The van der Waals surface area contributed by atoms with Crippen molar-refractivity contribution in [1.82, 2.24) is 13.7 Å². The van der Waals surface area contributed by atoms with E-state index in [0.717, 1.165) is 12.4 Å². The molecule has 14 heavy (non-hydrogen) atoms. The fourth-order valence-electron chi connectivity index (χ4n) is 0.615. The maximum Gasteiger partial charge on any atom is 0.311 e. The molecule has 0 radical (unpaired) electrons. The molecule has 1 aromatic heterocycles. The molecule has 0 saturated heterocycles. The number of amides is 1. The van der Waals surface area contributed by atoms with Gasteiger partial charge in [0.25, 0.3) is 0 Å². The van der Waals surface area contributed by atoms with E-state index in [2.05, 4.69) is 35.6 Å². The SMILES string of the molecule is O=C(c1ncc([N+](=O)[O-])cn1)N(S)S. The molecule has 1 rings (SSSR count). The van der Waals surface area contributed by atoms with Gasteiger partial charge in [-0.2, -0.15) is 0 Å². The third-order valence-corrected chi connectivity index (χ3v) is 1.59. The Morgan fingerprint density at radius 1 is 1.43 bits per heavy atom. The Kier molecular flexibility index (Phi) is 3.25. The first-order valence-corrected chi connectivity index (χ1v) is 4.01. The minimum absolute atomic E-state index is 0.208. The summed E-state index contributed by atoms with van der Waals surface area (Å²) in [6.07, 6.45) is 1.87. The molecule has 0 spiro atoms. The first-order valence-electron chi connectivity index (χ1n) is 3.21. The van der Waals surface area contributed by atoms with Crippen LogP contribution in [0.3, 0.4) is 0 Å². The van der Waals surface area contributed by atoms with E-state index in [-0.39, 0.29) is 11.5 Å². The number of rotatable bonds is 2. The summed E-state index contributed by atoms with van der Waals surface area (Å²) in [4.78, 5) is 27.6. The van der Waals surface area contributed by atoms with Crippen molar-refractivity contribution in [3.63, 3.8) is 0 Å². The third kappa shape index (κ3) is 2.33. The second-order valence-electron chi connectivity index (χ2n) is 2.12. The molecule has 0 aliphatic heterocycles. The first-order chi connectivity index (χ1) is 6.52. The maximum absolute atomic E-state index is 11.1. The van der Waals surface area contributed by atoms with Crippen molar-refractivity contribution >= 4 is 37.2 Å². The van der Waals surface area contributed by atoms with Crippen LogP contribution in [0.4, 0.5) is 5.69 Å². The molecule has 0 aromatic carbocycles. The highest BCUT2D eigenvalue weighted by molar-refractivity contribution is 7.94. The average Bonchev–Trinajstić information content (AvgIpc) is 2.16. The molecule has 9 heteroatoms. The van der Waals surface area contributed by atoms with Gasteiger partial charge in [-0.05, 0) is 0 Å². The number of nitrogens with zero attached hydrogens (tertiary/aromatic N) is 4. The minimum atomic E-state index is -0.661. The van der Waals surface area contributed by atoms with E-state index in [1.54, 1.807) is 0 Å². The van der Waals surface area contributed by atoms with Crippen molar-refractivity contribution in [3.05, 3.63) is 28.3 Å². The standard InChI is InChI=1S/C5H4N4O3S2/c10-5(9(13)14)4-6-1-3(2-7-4)8(11)12/h1-2,13-14H. The van der Waals surface area contributed by atoms with Gasteiger partial charge in [0.2, 0.25) is 5.82 Å². The van der Waals surface area contributed by atoms with Crippen molar-refractivity contribution in [3.8, 4) is 0 Å². The highest BCUT2D eigenvalue weighted by atomic mass is 32.2. The van der Waals surface area contributed by atoms with Gasteiger partial charge in [0.05, 0.1) is 4.92 Å². The summed E-state index contributed by atoms with van der Waals surface area (Å²) in [5, 5.41) is 10.2. The average molecular weight is 232 g/mol. The number of hydrogen-bond donors (Lipinski definition) is 2. The van der Waals surface area contributed by atoms with E-state index < -0.39 is 10.8 Å². The molecule has 1 amide bonds. The fourth-order valence-corrected chi connectivity index (χ4v) is 0.794. The van der Waals surface area contributed by atoms with E-state index >= 15 is 0 Å². The van der Waals surface area contributed by atoms with Gasteiger partial charge in [0.15, 0.2) is 0 Å². The number of hydrogen-bond acceptors (Lipinski definition) is 7. The van der Waals surface area contributed by atoms with E-state index in [1.807, 2.05) is 0 Å². The van der Waals surface area contributed by atoms with Gasteiger partial charge in [-0.1, -0.05) is 25.6 Å². The Bertz CT molecular complexity index is 366.